The quantitative estimate of drug-likeness (QED) is 0.434. The van der Waals surface area contributed by atoms with Gasteiger partial charge < -0.3 is 25.0 Å². The summed E-state index contributed by atoms with van der Waals surface area (Å²) in [5, 5.41) is 13.5. The molecule has 3 aliphatic heterocycles. The van der Waals surface area contributed by atoms with Crippen molar-refractivity contribution in [2.45, 2.75) is 19.4 Å². The second-order valence-electron chi connectivity index (χ2n) is 9.09. The lowest BCUT2D eigenvalue weighted by Gasteiger charge is -2.32. The molecule has 2 aromatic rings. The molecule has 1 fully saturated rings. The maximum atomic E-state index is 13.3. The summed E-state index contributed by atoms with van der Waals surface area (Å²) in [6.45, 7) is 6.30. The minimum Gasteiger partial charge on any atom is -0.390 e. The number of H-pyrrole nitrogens is 1. The van der Waals surface area contributed by atoms with E-state index >= 15 is 0 Å². The van der Waals surface area contributed by atoms with E-state index in [4.69, 9.17) is 4.74 Å². The van der Waals surface area contributed by atoms with Crippen LogP contribution in [0.5, 0.6) is 0 Å². The number of aromatic nitrogens is 1. The molecule has 3 N–H and O–H groups in total. The number of aromatic amines is 1. The van der Waals surface area contributed by atoms with E-state index in [1.165, 1.54) is 0 Å². The fourth-order valence-electron chi connectivity index (χ4n) is 5.09. The molecule has 4 heterocycles. The van der Waals surface area contributed by atoms with Gasteiger partial charge in [0.25, 0.3) is 11.8 Å². The van der Waals surface area contributed by atoms with Crippen molar-refractivity contribution in [3.8, 4) is 0 Å². The third kappa shape index (κ3) is 4.12. The summed E-state index contributed by atoms with van der Waals surface area (Å²) >= 11 is 0. The Kier molecular flexibility index (Phi) is 5.86. The number of anilines is 1. The van der Waals surface area contributed by atoms with Crippen molar-refractivity contribution in [1.29, 1.82) is 0 Å². The largest absolute Gasteiger partial charge is 0.390 e. The summed E-state index contributed by atoms with van der Waals surface area (Å²) in [4.78, 5) is 33.2. The van der Waals surface area contributed by atoms with Gasteiger partial charge in [-0.25, -0.2) is 0 Å². The van der Waals surface area contributed by atoms with Crippen LogP contribution in [-0.4, -0.2) is 91.6 Å². The second kappa shape index (κ2) is 8.81. The Balaban J connectivity index is 1.36. The highest BCUT2D eigenvalue weighted by Gasteiger charge is 2.32. The van der Waals surface area contributed by atoms with Gasteiger partial charge in [0.05, 0.1) is 30.5 Å². The zero-order valence-electron chi connectivity index (χ0n) is 19.1. The Morgan fingerprint density at radius 3 is 2.76 bits per heavy atom. The molecular weight excluding hydrogens is 419 g/mol. The van der Waals surface area contributed by atoms with Gasteiger partial charge in [0, 0.05) is 61.8 Å². The minimum atomic E-state index is -0.601. The fraction of sp³-hybridized carbons (Fsp3) is 0.417. The first-order chi connectivity index (χ1) is 15.9. The van der Waals surface area contributed by atoms with E-state index in [0.717, 1.165) is 46.8 Å². The molecule has 0 unspecified atom stereocenters. The Labute approximate surface area is 194 Å². The summed E-state index contributed by atoms with van der Waals surface area (Å²) in [7, 11) is 1.99. The van der Waals surface area contributed by atoms with Gasteiger partial charge in [-0.2, -0.15) is 0 Å². The average molecular weight is 448 g/mol. The highest BCUT2D eigenvalue weighted by atomic mass is 16.5. The first-order valence-electron chi connectivity index (χ1n) is 11.5. The lowest BCUT2D eigenvalue weighted by molar-refractivity contribution is -0.110. The number of carbonyl (C=O) groups excluding carboxylic acids is 2. The molecule has 1 atom stereocenters. The Morgan fingerprint density at radius 2 is 1.97 bits per heavy atom. The van der Waals surface area contributed by atoms with Crippen molar-refractivity contribution in [3.05, 3.63) is 46.3 Å². The van der Waals surface area contributed by atoms with Crippen molar-refractivity contribution in [2.75, 3.05) is 51.3 Å². The lowest BCUT2D eigenvalue weighted by atomic mass is 9.87. The molecule has 3 aliphatic rings. The van der Waals surface area contributed by atoms with Gasteiger partial charge in [-0.3, -0.25) is 14.5 Å². The third-order valence-corrected chi connectivity index (χ3v) is 6.83. The van der Waals surface area contributed by atoms with Crippen LogP contribution in [0.15, 0.2) is 18.2 Å². The zero-order chi connectivity index (χ0) is 23.1. The van der Waals surface area contributed by atoms with E-state index in [-0.39, 0.29) is 11.8 Å². The van der Waals surface area contributed by atoms with E-state index in [9.17, 15) is 14.7 Å². The van der Waals surface area contributed by atoms with Gasteiger partial charge in [-0.05, 0) is 24.6 Å². The fourth-order valence-corrected chi connectivity index (χ4v) is 5.09. The molecule has 0 bridgehead atoms. The number of nitrogens with one attached hydrogen (secondary N) is 2. The number of β-amino-alcohol motifs (C(OH)–C–C–N with tert-alkyl or cyclic N) is 1. The number of benzene rings is 1. The topological polar surface area (TPSA) is 97.9 Å². The summed E-state index contributed by atoms with van der Waals surface area (Å²) in [6, 6.07) is 5.82. The van der Waals surface area contributed by atoms with Crippen LogP contribution < -0.4 is 10.8 Å². The lowest BCUT2D eigenvalue weighted by Crippen LogP contribution is -2.47. The zero-order valence-corrected chi connectivity index (χ0v) is 19.1. The number of rotatable bonds is 5. The van der Waals surface area contributed by atoms with Crippen LogP contribution in [0.2, 0.25) is 0 Å². The molecule has 0 saturated carbocycles. The molecule has 1 aromatic heterocycles. The molecule has 2 amide bonds. The minimum absolute atomic E-state index is 0.0665. The van der Waals surface area contributed by atoms with Gasteiger partial charge in [-0.15, -0.1) is 0 Å². The number of aliphatic hydroxyl groups excluding tert-OH is 1. The van der Waals surface area contributed by atoms with E-state index in [1.54, 1.807) is 4.90 Å². The van der Waals surface area contributed by atoms with Crippen LogP contribution >= 0.6 is 0 Å². The standard InChI is InChI=1S/C24H29BN4O4/c1-14-20(11-16-22-17(25)3-2-4-18(22)27-23(16)31)26-19-5-6-29(24(32)21(14)19)13-15(30)12-28-7-9-33-10-8-28/h2-4,11,15,26,30H,5-10,12-13,25H2,1H3,(H,27,31)/b16-11-/t15-/m0/s1. The van der Waals surface area contributed by atoms with Crippen molar-refractivity contribution in [1.82, 2.24) is 14.8 Å². The van der Waals surface area contributed by atoms with Crippen LogP contribution in [0.4, 0.5) is 5.69 Å². The number of ether oxygens (including phenoxy) is 1. The van der Waals surface area contributed by atoms with E-state index in [1.807, 2.05) is 39.0 Å². The van der Waals surface area contributed by atoms with Gasteiger partial charge in [-0.1, -0.05) is 17.6 Å². The molecular formula is C24H29BN4O4. The van der Waals surface area contributed by atoms with Crippen LogP contribution in [0.1, 0.15) is 32.9 Å². The molecule has 0 radical (unpaired) electrons. The van der Waals surface area contributed by atoms with Crippen LogP contribution in [-0.2, 0) is 16.0 Å². The molecule has 9 heteroatoms. The second-order valence-corrected chi connectivity index (χ2v) is 9.09. The summed E-state index contributed by atoms with van der Waals surface area (Å²) in [6.07, 6.45) is 1.94. The van der Waals surface area contributed by atoms with E-state index in [2.05, 4.69) is 15.2 Å². The van der Waals surface area contributed by atoms with Crippen molar-refractivity contribution < 1.29 is 19.4 Å². The van der Waals surface area contributed by atoms with E-state index in [0.29, 0.717) is 50.4 Å². The molecule has 8 nitrogen and oxygen atoms in total. The summed E-state index contributed by atoms with van der Waals surface area (Å²) in [5.74, 6) is -0.200. The van der Waals surface area contributed by atoms with Crippen LogP contribution in [0.3, 0.4) is 0 Å². The Morgan fingerprint density at radius 1 is 1.18 bits per heavy atom. The maximum Gasteiger partial charge on any atom is 0.256 e. The average Bonchev–Trinajstić information content (AvgIpc) is 3.28. The van der Waals surface area contributed by atoms with Gasteiger partial charge >= 0.3 is 0 Å². The number of morpholine rings is 1. The molecule has 33 heavy (non-hydrogen) atoms. The number of carbonyl (C=O) groups is 2. The van der Waals surface area contributed by atoms with Gasteiger partial charge in [0.15, 0.2) is 0 Å². The predicted octanol–water partition coefficient (Wildman–Crippen LogP) is -0.234. The molecule has 0 aliphatic carbocycles. The van der Waals surface area contributed by atoms with Crippen molar-refractivity contribution in [2.24, 2.45) is 0 Å². The maximum absolute atomic E-state index is 13.3. The SMILES string of the molecule is Bc1cccc2c1/C(=C/c1[nH]c3c(c1C)C(=O)N(C[C@@H](O)CN1CCOCC1)CC3)C(=O)N2. The molecule has 1 saturated heterocycles. The number of hydrogen-bond acceptors (Lipinski definition) is 5. The summed E-state index contributed by atoms with van der Waals surface area (Å²) in [5.41, 5.74) is 6.54. The van der Waals surface area contributed by atoms with Crippen LogP contribution in [0.25, 0.3) is 11.6 Å². The number of nitrogens with zero attached hydrogens (tertiary/aromatic N) is 2. The Hall–Kier alpha value is -2.88. The molecule has 5 rings (SSSR count). The third-order valence-electron chi connectivity index (χ3n) is 6.83. The molecule has 0 spiro atoms. The van der Waals surface area contributed by atoms with Crippen LogP contribution in [0, 0.1) is 6.92 Å². The number of fused-ring (bicyclic) bond motifs is 2. The molecule has 172 valence electrons. The Bertz CT molecular complexity index is 1140. The van der Waals surface area contributed by atoms with Crippen molar-refractivity contribution in [3.63, 3.8) is 0 Å². The first-order valence-corrected chi connectivity index (χ1v) is 11.5. The first kappa shape index (κ1) is 21.9. The highest BCUT2D eigenvalue weighted by Crippen LogP contribution is 2.33. The monoisotopic (exact) mass is 448 g/mol. The number of amides is 2. The smallest absolute Gasteiger partial charge is 0.256 e. The van der Waals surface area contributed by atoms with Gasteiger partial charge in [0.1, 0.15) is 7.85 Å². The molecule has 1 aromatic carbocycles. The highest BCUT2D eigenvalue weighted by molar-refractivity contribution is 6.44. The summed E-state index contributed by atoms with van der Waals surface area (Å²) < 4.78 is 5.36. The number of hydrogen-bond donors (Lipinski definition) is 3. The number of aliphatic hydroxyl groups is 1. The van der Waals surface area contributed by atoms with E-state index < -0.39 is 6.10 Å². The van der Waals surface area contributed by atoms with Gasteiger partial charge in [0.2, 0.25) is 0 Å². The normalized spacial score (nSPS) is 20.7. The predicted molar refractivity (Wildman–Crippen MR) is 130 cm³/mol. The van der Waals surface area contributed by atoms with Crippen molar-refractivity contribution >= 4 is 42.5 Å².